The van der Waals surface area contributed by atoms with Crippen LogP contribution in [0.1, 0.15) is 155 Å². The van der Waals surface area contributed by atoms with E-state index in [4.69, 9.17) is 20.9 Å². The molecule has 40 heavy (non-hydrogen) atoms. The molecule has 0 bridgehead atoms. The fraction of sp³-hybridized carbons (Fsp3) is 0.938. The first-order valence-electron chi connectivity index (χ1n) is 16.6. The van der Waals surface area contributed by atoms with Gasteiger partial charge in [-0.05, 0) is 12.8 Å². The van der Waals surface area contributed by atoms with Gasteiger partial charge in [0.1, 0.15) is 12.1 Å². The Kier molecular flexibility index (Phi) is 31.1. The number of rotatable bonds is 31. The van der Waals surface area contributed by atoms with Crippen molar-refractivity contribution in [2.45, 2.75) is 167 Å². The van der Waals surface area contributed by atoms with Crippen LogP contribution in [0.2, 0.25) is 0 Å². The molecular formula is C32H64N2O4S2. The van der Waals surface area contributed by atoms with Crippen molar-refractivity contribution in [2.75, 3.05) is 24.7 Å². The highest BCUT2D eigenvalue weighted by molar-refractivity contribution is 8.76. The van der Waals surface area contributed by atoms with E-state index in [1.54, 1.807) is 0 Å². The monoisotopic (exact) mass is 604 g/mol. The van der Waals surface area contributed by atoms with Gasteiger partial charge in [-0.25, -0.2) is 0 Å². The van der Waals surface area contributed by atoms with Gasteiger partial charge in [0.25, 0.3) is 0 Å². The number of carbonyl (C=O) groups excluding carboxylic acids is 2. The molecule has 0 aromatic carbocycles. The lowest BCUT2D eigenvalue weighted by atomic mass is 10.1. The highest BCUT2D eigenvalue weighted by atomic mass is 33.1. The van der Waals surface area contributed by atoms with E-state index >= 15 is 0 Å². The van der Waals surface area contributed by atoms with E-state index in [1.807, 2.05) is 0 Å². The maximum absolute atomic E-state index is 12.1. The molecule has 0 aliphatic carbocycles. The van der Waals surface area contributed by atoms with Crippen molar-refractivity contribution in [3.63, 3.8) is 0 Å². The van der Waals surface area contributed by atoms with Gasteiger partial charge < -0.3 is 20.9 Å². The molecule has 238 valence electrons. The van der Waals surface area contributed by atoms with E-state index in [0.717, 1.165) is 25.7 Å². The Hall–Kier alpha value is -0.440. The average molecular weight is 605 g/mol. The second-order valence-electron chi connectivity index (χ2n) is 11.2. The van der Waals surface area contributed by atoms with Crippen LogP contribution in [0.4, 0.5) is 0 Å². The molecule has 6 nitrogen and oxygen atoms in total. The molecule has 0 rings (SSSR count). The fourth-order valence-electron chi connectivity index (χ4n) is 4.47. The van der Waals surface area contributed by atoms with Gasteiger partial charge in [-0.3, -0.25) is 9.59 Å². The SMILES string of the molecule is CCCCCCCCCCCCCOC(=O)[C@@H](N)CSSC[C@H](N)C(=O)OCCCCCCCCCCCCC. The van der Waals surface area contributed by atoms with Gasteiger partial charge >= 0.3 is 11.9 Å². The predicted octanol–water partition coefficient (Wildman–Crippen LogP) is 8.73. The van der Waals surface area contributed by atoms with Gasteiger partial charge in [-0.1, -0.05) is 164 Å². The summed E-state index contributed by atoms with van der Waals surface area (Å²) in [6, 6.07) is -1.32. The number of esters is 2. The van der Waals surface area contributed by atoms with Crippen molar-refractivity contribution in [3.05, 3.63) is 0 Å². The summed E-state index contributed by atoms with van der Waals surface area (Å²) in [5.74, 6) is 0.163. The smallest absolute Gasteiger partial charge is 0.323 e. The van der Waals surface area contributed by atoms with Crippen molar-refractivity contribution in [1.82, 2.24) is 0 Å². The zero-order valence-corrected chi connectivity index (χ0v) is 27.8. The minimum Gasteiger partial charge on any atom is -0.465 e. The Morgan fingerprint density at radius 2 is 0.725 bits per heavy atom. The molecule has 8 heteroatoms. The molecule has 0 amide bonds. The number of carbonyl (C=O) groups is 2. The molecular weight excluding hydrogens is 540 g/mol. The first-order valence-corrected chi connectivity index (χ1v) is 19.1. The summed E-state index contributed by atoms with van der Waals surface area (Å²) in [6.07, 6.45) is 27.8. The topological polar surface area (TPSA) is 105 Å². The lowest BCUT2D eigenvalue weighted by Gasteiger charge is -2.13. The van der Waals surface area contributed by atoms with Crippen molar-refractivity contribution < 1.29 is 19.1 Å². The van der Waals surface area contributed by atoms with Crippen LogP contribution in [0.5, 0.6) is 0 Å². The van der Waals surface area contributed by atoms with E-state index in [9.17, 15) is 9.59 Å². The Morgan fingerprint density at radius 1 is 0.475 bits per heavy atom. The standard InChI is InChI=1S/C32H64N2O4S2/c1-3-5-7-9-11-13-15-17-19-21-23-25-37-31(35)29(33)27-39-40-28-30(34)32(36)38-26-24-22-20-18-16-14-12-10-8-6-4-2/h29-30H,3-28,33-34H2,1-2H3/t29-,30-/m0/s1. The zero-order chi connectivity index (χ0) is 29.5. The van der Waals surface area contributed by atoms with E-state index < -0.39 is 12.1 Å². The second kappa shape index (κ2) is 31.5. The Bertz CT molecular complexity index is 521. The number of nitrogens with two attached hydrogens (primary N) is 2. The maximum atomic E-state index is 12.1. The van der Waals surface area contributed by atoms with Crippen LogP contribution in [-0.2, 0) is 19.1 Å². The quantitative estimate of drug-likeness (QED) is 0.0460. The molecule has 0 spiro atoms. The van der Waals surface area contributed by atoms with Gasteiger partial charge in [-0.2, -0.15) is 0 Å². The number of hydrogen-bond acceptors (Lipinski definition) is 8. The van der Waals surface area contributed by atoms with Gasteiger partial charge in [-0.15, -0.1) is 0 Å². The third-order valence-corrected chi connectivity index (χ3v) is 9.64. The van der Waals surface area contributed by atoms with E-state index in [-0.39, 0.29) is 11.9 Å². The molecule has 0 unspecified atom stereocenters. The molecule has 0 aliphatic rings. The number of hydrogen-bond donors (Lipinski definition) is 2. The molecule has 0 aromatic rings. The molecule has 0 heterocycles. The van der Waals surface area contributed by atoms with Crippen molar-refractivity contribution in [3.8, 4) is 0 Å². The summed E-state index contributed by atoms with van der Waals surface area (Å²) < 4.78 is 10.7. The normalized spacial score (nSPS) is 12.8. The molecule has 0 aromatic heterocycles. The summed E-state index contributed by atoms with van der Waals surface area (Å²) in [5.41, 5.74) is 11.9. The molecule has 2 atom stereocenters. The van der Waals surface area contributed by atoms with E-state index in [2.05, 4.69) is 13.8 Å². The Labute approximate surface area is 255 Å². The summed E-state index contributed by atoms with van der Waals surface area (Å²) in [4.78, 5) is 24.2. The summed E-state index contributed by atoms with van der Waals surface area (Å²) in [6.45, 7) is 5.39. The summed E-state index contributed by atoms with van der Waals surface area (Å²) in [5, 5.41) is 0. The molecule has 0 fully saturated rings. The highest BCUT2D eigenvalue weighted by Gasteiger charge is 2.18. The van der Waals surface area contributed by atoms with Crippen LogP contribution in [0.25, 0.3) is 0 Å². The summed E-state index contributed by atoms with van der Waals surface area (Å²) in [7, 11) is 2.89. The van der Waals surface area contributed by atoms with Crippen molar-refractivity contribution in [2.24, 2.45) is 11.5 Å². The predicted molar refractivity (Wildman–Crippen MR) is 176 cm³/mol. The van der Waals surface area contributed by atoms with Crippen LogP contribution in [0.15, 0.2) is 0 Å². The van der Waals surface area contributed by atoms with Gasteiger partial charge in [0.05, 0.1) is 13.2 Å². The van der Waals surface area contributed by atoms with Gasteiger partial charge in [0, 0.05) is 11.5 Å². The number of ether oxygens (including phenoxy) is 2. The minimum atomic E-state index is -0.658. The van der Waals surface area contributed by atoms with Crippen LogP contribution in [0.3, 0.4) is 0 Å². The third-order valence-electron chi connectivity index (χ3n) is 7.17. The van der Waals surface area contributed by atoms with E-state index in [0.29, 0.717) is 24.7 Å². The highest BCUT2D eigenvalue weighted by Crippen LogP contribution is 2.23. The lowest BCUT2D eigenvalue weighted by Crippen LogP contribution is -2.35. The third kappa shape index (κ3) is 27.7. The molecule has 0 radical (unpaired) electrons. The largest absolute Gasteiger partial charge is 0.465 e. The molecule has 0 saturated heterocycles. The average Bonchev–Trinajstić information content (AvgIpc) is 2.95. The first-order chi connectivity index (χ1) is 19.5. The minimum absolute atomic E-state index is 0.351. The van der Waals surface area contributed by atoms with E-state index in [1.165, 1.54) is 137 Å². The molecule has 0 saturated carbocycles. The summed E-state index contributed by atoms with van der Waals surface area (Å²) >= 11 is 0. The van der Waals surface area contributed by atoms with Crippen LogP contribution in [-0.4, -0.2) is 48.7 Å². The van der Waals surface area contributed by atoms with Crippen LogP contribution >= 0.6 is 21.6 Å². The van der Waals surface area contributed by atoms with Gasteiger partial charge in [0.15, 0.2) is 0 Å². The zero-order valence-electron chi connectivity index (χ0n) is 26.1. The van der Waals surface area contributed by atoms with Crippen molar-refractivity contribution >= 4 is 33.5 Å². The molecule has 0 aliphatic heterocycles. The van der Waals surface area contributed by atoms with Crippen LogP contribution < -0.4 is 11.5 Å². The maximum Gasteiger partial charge on any atom is 0.323 e. The molecule has 4 N–H and O–H groups in total. The fourth-order valence-corrected chi connectivity index (χ4v) is 6.69. The first kappa shape index (κ1) is 39.6. The van der Waals surface area contributed by atoms with Crippen LogP contribution in [0, 0.1) is 0 Å². The second-order valence-corrected chi connectivity index (χ2v) is 13.7. The number of unbranched alkanes of at least 4 members (excludes halogenated alkanes) is 20. The lowest BCUT2D eigenvalue weighted by molar-refractivity contribution is -0.145. The van der Waals surface area contributed by atoms with Gasteiger partial charge in [0.2, 0.25) is 0 Å². The Balaban J connectivity index is 3.52. The van der Waals surface area contributed by atoms with Crippen molar-refractivity contribution in [1.29, 1.82) is 0 Å². The Morgan fingerprint density at radius 3 is 1.00 bits per heavy atom.